The van der Waals surface area contributed by atoms with Crippen molar-refractivity contribution in [3.63, 3.8) is 0 Å². The molecule has 4 rings (SSSR count). The highest BCUT2D eigenvalue weighted by molar-refractivity contribution is 7.98. The molecule has 3 atom stereocenters. The van der Waals surface area contributed by atoms with Gasteiger partial charge in [0.2, 0.25) is 0 Å². The van der Waals surface area contributed by atoms with Crippen LogP contribution in [0.25, 0.3) is 0 Å². The van der Waals surface area contributed by atoms with Crippen LogP contribution in [0.5, 0.6) is 0 Å². The Morgan fingerprint density at radius 1 is 0.976 bits per heavy atom. The Bertz CT molecular complexity index is 1460. The van der Waals surface area contributed by atoms with Crippen LogP contribution >= 0.6 is 11.8 Å². The number of imidazole rings is 1. The van der Waals surface area contributed by atoms with Gasteiger partial charge in [0.1, 0.15) is 17.7 Å². The Morgan fingerprint density at radius 2 is 1.62 bits per heavy atom. The van der Waals surface area contributed by atoms with Crippen molar-refractivity contribution in [3.05, 3.63) is 125 Å². The summed E-state index contributed by atoms with van der Waals surface area (Å²) in [5.41, 5.74) is 3.36. The van der Waals surface area contributed by atoms with Crippen molar-refractivity contribution in [1.29, 1.82) is 0 Å². The number of carboxylic acid groups (broad SMARTS) is 1. The zero-order valence-corrected chi connectivity index (χ0v) is 24.3. The van der Waals surface area contributed by atoms with Crippen LogP contribution in [0, 0.1) is 11.6 Å². The van der Waals surface area contributed by atoms with Crippen molar-refractivity contribution in [2.24, 2.45) is 0 Å². The summed E-state index contributed by atoms with van der Waals surface area (Å²) in [7, 11) is 0. The minimum absolute atomic E-state index is 0.277. The number of carboxylic acids is 1. The number of hydrogen-bond acceptors (Lipinski definition) is 5. The normalized spacial score (nSPS) is 13.3. The van der Waals surface area contributed by atoms with Crippen LogP contribution in [0.4, 0.5) is 8.78 Å². The highest BCUT2D eigenvalue weighted by Gasteiger charge is 2.25. The molecule has 42 heavy (non-hydrogen) atoms. The van der Waals surface area contributed by atoms with Gasteiger partial charge in [-0.05, 0) is 71.0 Å². The Hall–Kier alpha value is -4.02. The van der Waals surface area contributed by atoms with Gasteiger partial charge in [-0.15, -0.1) is 0 Å². The summed E-state index contributed by atoms with van der Waals surface area (Å²) in [5.74, 6) is -2.04. The molecule has 0 radical (unpaired) electrons. The number of carbonyl (C=O) groups excluding carboxylic acids is 1. The average Bonchev–Trinajstić information content (AvgIpc) is 3.51. The summed E-state index contributed by atoms with van der Waals surface area (Å²) in [5, 5.41) is 16.0. The molecule has 0 saturated carbocycles. The maximum atomic E-state index is 13.8. The van der Waals surface area contributed by atoms with E-state index in [0.717, 1.165) is 16.7 Å². The van der Waals surface area contributed by atoms with E-state index in [4.69, 9.17) is 0 Å². The molecule has 3 N–H and O–H groups in total. The van der Waals surface area contributed by atoms with Crippen LogP contribution in [-0.4, -0.2) is 51.1 Å². The van der Waals surface area contributed by atoms with E-state index in [1.807, 2.05) is 36.1 Å². The molecule has 220 valence electrons. The van der Waals surface area contributed by atoms with E-state index in [0.29, 0.717) is 30.0 Å². The second-order valence-corrected chi connectivity index (χ2v) is 11.0. The molecular weight excluding hydrogens is 558 g/mol. The number of halogens is 2. The zero-order valence-electron chi connectivity index (χ0n) is 23.5. The molecular formula is C32H34F2N4O3S. The zero-order chi connectivity index (χ0) is 30.1. The maximum absolute atomic E-state index is 13.8. The van der Waals surface area contributed by atoms with Gasteiger partial charge in [0.25, 0.3) is 5.91 Å². The summed E-state index contributed by atoms with van der Waals surface area (Å²) in [6.07, 6.45) is 7.44. The van der Waals surface area contributed by atoms with Gasteiger partial charge in [-0.25, -0.2) is 18.6 Å². The van der Waals surface area contributed by atoms with Gasteiger partial charge in [-0.2, -0.15) is 11.8 Å². The minimum Gasteiger partial charge on any atom is -0.480 e. The third-order valence-electron chi connectivity index (χ3n) is 7.19. The third-order valence-corrected chi connectivity index (χ3v) is 7.83. The molecule has 2 unspecified atom stereocenters. The summed E-state index contributed by atoms with van der Waals surface area (Å²) >= 11 is 1.50. The Labute approximate surface area is 248 Å². The van der Waals surface area contributed by atoms with Crippen LogP contribution in [0.1, 0.15) is 57.9 Å². The molecule has 1 aromatic heterocycles. The molecule has 1 heterocycles. The lowest BCUT2D eigenvalue weighted by atomic mass is 9.86. The van der Waals surface area contributed by atoms with E-state index in [2.05, 4.69) is 15.6 Å². The van der Waals surface area contributed by atoms with Gasteiger partial charge in [-0.3, -0.25) is 4.79 Å². The molecule has 7 nitrogen and oxygen atoms in total. The number of aliphatic carboxylic acids is 1. The van der Waals surface area contributed by atoms with Crippen molar-refractivity contribution in [2.75, 3.05) is 18.6 Å². The third kappa shape index (κ3) is 8.04. The summed E-state index contributed by atoms with van der Waals surface area (Å²) in [4.78, 5) is 29.8. The van der Waals surface area contributed by atoms with E-state index in [9.17, 15) is 23.5 Å². The van der Waals surface area contributed by atoms with Gasteiger partial charge >= 0.3 is 5.97 Å². The standard InChI is InChI=1S/C32H34F2N4O3S/c1-21(22-3-8-25(33)9-4-22)27-12-7-24(19-28(27)31(39)37-29(32(40)41)13-18-42-2)30(23-5-10-26(34)11-6-23)36-15-17-38-16-14-35-20-38/h3-12,14,16,19-21,29-30,36H,13,15,17-18H2,1-2H3,(H,37,39)(H,40,41)/t21?,29-,30?/m0/s1. The van der Waals surface area contributed by atoms with Crippen molar-refractivity contribution in [3.8, 4) is 0 Å². The van der Waals surface area contributed by atoms with Crippen molar-refractivity contribution in [2.45, 2.75) is 37.9 Å². The van der Waals surface area contributed by atoms with E-state index in [1.165, 1.54) is 36.0 Å². The topological polar surface area (TPSA) is 96.3 Å². The summed E-state index contributed by atoms with van der Waals surface area (Å²) in [6, 6.07) is 16.3. The fourth-order valence-corrected chi connectivity index (χ4v) is 5.30. The van der Waals surface area contributed by atoms with Gasteiger partial charge < -0.3 is 20.3 Å². The maximum Gasteiger partial charge on any atom is 0.326 e. The quantitative estimate of drug-likeness (QED) is 0.176. The smallest absolute Gasteiger partial charge is 0.326 e. The number of hydrogen-bond donors (Lipinski definition) is 3. The number of nitrogens with zero attached hydrogens (tertiary/aromatic N) is 2. The molecule has 0 aliphatic rings. The molecule has 0 spiro atoms. The largest absolute Gasteiger partial charge is 0.480 e. The first-order valence-corrected chi connectivity index (χ1v) is 15.0. The van der Waals surface area contributed by atoms with E-state index >= 15 is 0 Å². The number of rotatable bonds is 14. The van der Waals surface area contributed by atoms with Crippen molar-refractivity contribution in [1.82, 2.24) is 20.2 Å². The first-order valence-electron chi connectivity index (χ1n) is 13.6. The first-order chi connectivity index (χ1) is 20.3. The Kier molecular flexibility index (Phi) is 10.9. The Balaban J connectivity index is 1.73. The van der Waals surface area contributed by atoms with E-state index in [-0.39, 0.29) is 30.0 Å². The van der Waals surface area contributed by atoms with Crippen molar-refractivity contribution < 1.29 is 23.5 Å². The fraction of sp³-hybridized carbons (Fsp3) is 0.281. The lowest BCUT2D eigenvalue weighted by Gasteiger charge is -2.24. The van der Waals surface area contributed by atoms with Crippen LogP contribution in [0.2, 0.25) is 0 Å². The number of benzene rings is 3. The van der Waals surface area contributed by atoms with Crippen LogP contribution in [0.15, 0.2) is 85.5 Å². The molecule has 0 aliphatic heterocycles. The predicted octanol–water partition coefficient (Wildman–Crippen LogP) is 5.63. The Morgan fingerprint density at radius 3 is 2.21 bits per heavy atom. The predicted molar refractivity (Wildman–Crippen MR) is 161 cm³/mol. The molecule has 3 aromatic carbocycles. The van der Waals surface area contributed by atoms with Crippen LogP contribution in [0.3, 0.4) is 0 Å². The fourth-order valence-electron chi connectivity index (χ4n) is 4.83. The van der Waals surface area contributed by atoms with Gasteiger partial charge in [-0.1, -0.05) is 43.3 Å². The minimum atomic E-state index is -1.10. The molecule has 1 amide bonds. The number of amides is 1. The molecule has 0 fully saturated rings. The second kappa shape index (κ2) is 14.7. The highest BCUT2D eigenvalue weighted by atomic mass is 32.2. The molecule has 4 aromatic rings. The van der Waals surface area contributed by atoms with Crippen LogP contribution < -0.4 is 10.6 Å². The lowest BCUT2D eigenvalue weighted by molar-refractivity contribution is -0.139. The summed E-state index contributed by atoms with van der Waals surface area (Å²) < 4.78 is 29.4. The van der Waals surface area contributed by atoms with Crippen molar-refractivity contribution >= 4 is 23.6 Å². The highest BCUT2D eigenvalue weighted by Crippen LogP contribution is 2.31. The van der Waals surface area contributed by atoms with Crippen LogP contribution in [-0.2, 0) is 11.3 Å². The number of aromatic nitrogens is 2. The first kappa shape index (κ1) is 30.9. The molecule has 0 bridgehead atoms. The molecule has 0 saturated heterocycles. The lowest BCUT2D eigenvalue weighted by Crippen LogP contribution is -2.41. The second-order valence-electron chi connectivity index (χ2n) is 10.0. The van der Waals surface area contributed by atoms with E-state index < -0.39 is 17.9 Å². The monoisotopic (exact) mass is 592 g/mol. The molecule has 10 heteroatoms. The number of nitrogens with one attached hydrogen (secondary N) is 2. The average molecular weight is 593 g/mol. The van der Waals surface area contributed by atoms with E-state index in [1.54, 1.807) is 42.9 Å². The SMILES string of the molecule is CSCC[C@H](NC(=O)c1cc(C(NCCn2ccnc2)c2ccc(F)cc2)ccc1C(C)c1ccc(F)cc1)C(=O)O. The number of carbonyl (C=O) groups is 2. The summed E-state index contributed by atoms with van der Waals surface area (Å²) in [6.45, 7) is 3.12. The molecule has 0 aliphatic carbocycles. The van der Waals surface area contributed by atoms with Gasteiger partial charge in [0.05, 0.1) is 12.4 Å². The number of thioether (sulfide) groups is 1. The van der Waals surface area contributed by atoms with Gasteiger partial charge in [0.15, 0.2) is 0 Å². The van der Waals surface area contributed by atoms with Gasteiger partial charge in [0, 0.05) is 37.0 Å².